The Labute approximate surface area is 172 Å². The predicted molar refractivity (Wildman–Crippen MR) is 116 cm³/mol. The molecule has 0 radical (unpaired) electrons. The molecule has 29 heavy (non-hydrogen) atoms. The number of hydrogen-bond donors (Lipinski definition) is 2. The van der Waals surface area contributed by atoms with Crippen LogP contribution in [0, 0.1) is 5.41 Å². The van der Waals surface area contributed by atoms with Gasteiger partial charge in [0.25, 0.3) is 0 Å². The van der Waals surface area contributed by atoms with E-state index < -0.39 is 5.97 Å². The Bertz CT molecular complexity index is 1100. The zero-order valence-electron chi connectivity index (χ0n) is 16.2. The van der Waals surface area contributed by atoms with Crippen LogP contribution in [0.5, 0.6) is 0 Å². The first-order valence-electron chi connectivity index (χ1n) is 9.43. The van der Waals surface area contributed by atoms with E-state index in [0.717, 1.165) is 16.6 Å². The van der Waals surface area contributed by atoms with Crippen LogP contribution in [0.2, 0.25) is 0 Å². The number of rotatable bonds is 5. The molecule has 7 heteroatoms. The number of ether oxygens (including phenoxy) is 1. The summed E-state index contributed by atoms with van der Waals surface area (Å²) < 4.78 is 6.40. The average Bonchev–Trinajstić information content (AvgIpc) is 3.27. The van der Waals surface area contributed by atoms with E-state index in [1.165, 1.54) is 11.3 Å². The predicted octanol–water partition coefficient (Wildman–Crippen LogP) is 5.02. The van der Waals surface area contributed by atoms with Crippen molar-refractivity contribution in [2.75, 3.05) is 11.4 Å². The summed E-state index contributed by atoms with van der Waals surface area (Å²) in [6.45, 7) is 3.97. The Morgan fingerprint density at radius 1 is 1.31 bits per heavy atom. The lowest BCUT2D eigenvalue weighted by Crippen LogP contribution is -2.26. The van der Waals surface area contributed by atoms with E-state index >= 15 is 0 Å². The van der Waals surface area contributed by atoms with Gasteiger partial charge in [0.2, 0.25) is 0 Å². The molecule has 1 aliphatic rings. The van der Waals surface area contributed by atoms with Gasteiger partial charge in [-0.25, -0.2) is 9.78 Å². The molecule has 2 N–H and O–H groups in total. The summed E-state index contributed by atoms with van der Waals surface area (Å²) in [5.74, 6) is -0.133. The van der Waals surface area contributed by atoms with Crippen molar-refractivity contribution in [1.82, 2.24) is 4.98 Å². The van der Waals surface area contributed by atoms with Gasteiger partial charge in [-0.15, -0.1) is 11.3 Å². The molecule has 6 nitrogen and oxygen atoms in total. The number of thiazole rings is 1. The lowest BCUT2D eigenvalue weighted by Gasteiger charge is -2.19. The van der Waals surface area contributed by atoms with Crippen LogP contribution in [0.4, 0.5) is 5.69 Å². The molecule has 1 atom stereocenters. The Hall–Kier alpha value is -3.19. The number of fused-ring (bicyclic) bond motifs is 1. The van der Waals surface area contributed by atoms with E-state index in [1.807, 2.05) is 44.2 Å². The quantitative estimate of drug-likeness (QED) is 0.580. The third-order valence-electron chi connectivity index (χ3n) is 4.89. The number of para-hydroxylation sites is 1. The molecular formula is C22H21N3O3S. The number of benzene rings is 2. The maximum atomic E-state index is 12.3. The van der Waals surface area contributed by atoms with E-state index in [4.69, 9.17) is 10.1 Å². The van der Waals surface area contributed by atoms with E-state index in [2.05, 4.69) is 4.98 Å². The minimum atomic E-state index is -0.393. The first-order chi connectivity index (χ1) is 14.0. The monoisotopic (exact) mass is 407 g/mol. The molecule has 0 saturated heterocycles. The first kappa shape index (κ1) is 19.1. The highest BCUT2D eigenvalue weighted by molar-refractivity contribution is 7.19. The van der Waals surface area contributed by atoms with Gasteiger partial charge in [0, 0.05) is 5.69 Å². The van der Waals surface area contributed by atoms with E-state index in [9.17, 15) is 9.90 Å². The third-order valence-corrected chi connectivity index (χ3v) is 5.94. The van der Waals surface area contributed by atoms with E-state index in [0.29, 0.717) is 21.8 Å². The van der Waals surface area contributed by atoms with Gasteiger partial charge < -0.3 is 14.7 Å². The Balaban J connectivity index is 1.61. The van der Waals surface area contributed by atoms with Gasteiger partial charge in [-0.1, -0.05) is 25.1 Å². The first-order valence-corrected chi connectivity index (χ1v) is 10.2. The number of aliphatic hydroxyl groups is 1. The van der Waals surface area contributed by atoms with Gasteiger partial charge in [-0.05, 0) is 43.7 Å². The number of carbonyl (C=O) groups is 1. The van der Waals surface area contributed by atoms with Crippen molar-refractivity contribution in [1.29, 1.82) is 5.41 Å². The number of nitrogens with zero attached hydrogens (tertiary/aromatic N) is 2. The van der Waals surface area contributed by atoms with Crippen LogP contribution in [-0.2, 0) is 4.74 Å². The van der Waals surface area contributed by atoms with Gasteiger partial charge in [0.1, 0.15) is 16.6 Å². The number of hydrogen-bond acceptors (Lipinski definition) is 6. The third kappa shape index (κ3) is 3.61. The Kier molecular flexibility index (Phi) is 5.07. The van der Waals surface area contributed by atoms with Gasteiger partial charge in [-0.2, -0.15) is 0 Å². The fraction of sp³-hybridized carbons (Fsp3) is 0.227. The van der Waals surface area contributed by atoms with Gasteiger partial charge in [-0.3, -0.25) is 5.41 Å². The zero-order valence-corrected chi connectivity index (χ0v) is 17.0. The summed E-state index contributed by atoms with van der Waals surface area (Å²) in [5.41, 5.74) is 2.34. The van der Waals surface area contributed by atoms with Crippen molar-refractivity contribution >= 4 is 44.6 Å². The average molecular weight is 407 g/mol. The summed E-state index contributed by atoms with van der Waals surface area (Å²) in [4.78, 5) is 18.6. The van der Waals surface area contributed by atoms with Crippen LogP contribution in [0.25, 0.3) is 15.8 Å². The molecule has 0 amide bonds. The summed E-state index contributed by atoms with van der Waals surface area (Å²) in [5, 5.41) is 19.8. The molecule has 0 fully saturated rings. The van der Waals surface area contributed by atoms with Crippen LogP contribution in [0.3, 0.4) is 0 Å². The van der Waals surface area contributed by atoms with E-state index in [1.54, 1.807) is 23.1 Å². The second-order valence-corrected chi connectivity index (χ2v) is 7.95. The number of amidine groups is 1. The van der Waals surface area contributed by atoms with Crippen LogP contribution >= 0.6 is 11.3 Å². The molecule has 0 saturated carbocycles. The molecule has 1 aliphatic heterocycles. The number of esters is 1. The van der Waals surface area contributed by atoms with Crippen molar-refractivity contribution in [3.63, 3.8) is 0 Å². The lowest BCUT2D eigenvalue weighted by atomic mass is 10.2. The lowest BCUT2D eigenvalue weighted by molar-refractivity contribution is 0.0334. The Morgan fingerprint density at radius 2 is 2.10 bits per heavy atom. The normalized spacial score (nSPS) is 15.2. The highest BCUT2D eigenvalue weighted by Crippen LogP contribution is 2.35. The van der Waals surface area contributed by atoms with Crippen LogP contribution in [-0.4, -0.2) is 34.5 Å². The standard InChI is InChI=1S/C22H21N3O3S/c1-3-13(2)28-22(27)14-7-6-8-15(11-14)25-12-17(26)19(20(25)23)21-24-16-9-4-5-10-18(16)29-21/h4-11,13,23,26H,3,12H2,1-2H3. The van der Waals surface area contributed by atoms with Gasteiger partial charge in [0.05, 0.1) is 34.0 Å². The van der Waals surface area contributed by atoms with Crippen LogP contribution < -0.4 is 4.90 Å². The fourth-order valence-corrected chi connectivity index (χ4v) is 4.17. The minimum Gasteiger partial charge on any atom is -0.510 e. The topological polar surface area (TPSA) is 86.5 Å². The highest BCUT2D eigenvalue weighted by Gasteiger charge is 2.31. The molecule has 0 spiro atoms. The van der Waals surface area contributed by atoms with Gasteiger partial charge >= 0.3 is 5.97 Å². The molecule has 4 rings (SSSR count). The van der Waals surface area contributed by atoms with Crippen LogP contribution in [0.1, 0.15) is 35.6 Å². The molecule has 1 aromatic heterocycles. The van der Waals surface area contributed by atoms with Crippen molar-refractivity contribution in [2.45, 2.75) is 26.4 Å². The van der Waals surface area contributed by atoms with Gasteiger partial charge in [0.15, 0.2) is 0 Å². The fourth-order valence-electron chi connectivity index (χ4n) is 3.14. The maximum Gasteiger partial charge on any atom is 0.338 e. The molecule has 1 unspecified atom stereocenters. The van der Waals surface area contributed by atoms with Crippen molar-refractivity contribution in [2.24, 2.45) is 0 Å². The SMILES string of the molecule is CCC(C)OC(=O)c1cccc(N2CC(O)=C(c3nc4ccccc4s3)C2=N)c1. The minimum absolute atomic E-state index is 0.0987. The van der Waals surface area contributed by atoms with Crippen LogP contribution in [0.15, 0.2) is 54.3 Å². The zero-order chi connectivity index (χ0) is 20.5. The van der Waals surface area contributed by atoms with Crippen molar-refractivity contribution in [3.8, 4) is 0 Å². The van der Waals surface area contributed by atoms with E-state index in [-0.39, 0.29) is 24.2 Å². The Morgan fingerprint density at radius 3 is 2.86 bits per heavy atom. The second-order valence-electron chi connectivity index (χ2n) is 6.92. The second kappa shape index (κ2) is 7.67. The number of anilines is 1. The molecule has 0 aliphatic carbocycles. The summed E-state index contributed by atoms with van der Waals surface area (Å²) in [7, 11) is 0. The molecule has 148 valence electrons. The smallest absolute Gasteiger partial charge is 0.338 e. The highest BCUT2D eigenvalue weighted by atomic mass is 32.1. The molecular weight excluding hydrogens is 386 g/mol. The summed E-state index contributed by atoms with van der Waals surface area (Å²) in [6, 6.07) is 14.7. The number of aromatic nitrogens is 1. The number of aliphatic hydroxyl groups excluding tert-OH is 1. The summed E-state index contributed by atoms with van der Waals surface area (Å²) >= 11 is 1.45. The van der Waals surface area contributed by atoms with Crippen molar-refractivity contribution < 1.29 is 14.6 Å². The largest absolute Gasteiger partial charge is 0.510 e. The van der Waals surface area contributed by atoms with Crippen molar-refractivity contribution in [3.05, 3.63) is 64.9 Å². The summed E-state index contributed by atoms with van der Waals surface area (Å²) in [6.07, 6.45) is 0.582. The maximum absolute atomic E-state index is 12.3. The molecule has 0 bridgehead atoms. The molecule has 2 aromatic carbocycles. The molecule has 2 heterocycles. The number of carbonyl (C=O) groups excluding carboxylic acids is 1. The molecule has 3 aromatic rings. The number of nitrogens with one attached hydrogen (secondary N) is 1.